The first-order chi connectivity index (χ1) is 8.66. The maximum atomic E-state index is 11.1. The van der Waals surface area contributed by atoms with Crippen molar-refractivity contribution in [2.45, 2.75) is 19.5 Å². The fourth-order valence-corrected chi connectivity index (χ4v) is 2.21. The van der Waals surface area contributed by atoms with Crippen molar-refractivity contribution in [1.29, 1.82) is 0 Å². The average molecular weight is 249 g/mol. The molecule has 1 fully saturated rings. The highest BCUT2D eigenvalue weighted by Crippen LogP contribution is 2.12. The van der Waals surface area contributed by atoms with E-state index in [0.717, 1.165) is 12.2 Å². The molecule has 0 aromatic carbocycles. The molecule has 5 nitrogen and oxygen atoms in total. The zero-order chi connectivity index (χ0) is 13.0. The van der Waals surface area contributed by atoms with Crippen LogP contribution in [-0.4, -0.2) is 46.6 Å². The first-order valence-electron chi connectivity index (χ1n) is 6.24. The lowest BCUT2D eigenvalue weighted by Gasteiger charge is -2.27. The third-order valence-electron chi connectivity index (χ3n) is 3.35. The largest absolute Gasteiger partial charge is 0.481 e. The van der Waals surface area contributed by atoms with Gasteiger partial charge >= 0.3 is 5.97 Å². The molecule has 1 aliphatic heterocycles. The molecule has 2 rings (SSSR count). The molecule has 0 spiro atoms. The molecule has 0 saturated carbocycles. The zero-order valence-corrected chi connectivity index (χ0v) is 10.5. The normalized spacial score (nSPS) is 25.6. The van der Waals surface area contributed by atoms with E-state index in [1.54, 1.807) is 6.20 Å². The van der Waals surface area contributed by atoms with Gasteiger partial charge in [0, 0.05) is 38.4 Å². The third-order valence-corrected chi connectivity index (χ3v) is 3.35. The van der Waals surface area contributed by atoms with Crippen LogP contribution in [0.3, 0.4) is 0 Å². The van der Waals surface area contributed by atoms with Crippen molar-refractivity contribution in [3.05, 3.63) is 30.1 Å². The number of carboxylic acids is 1. The summed E-state index contributed by atoms with van der Waals surface area (Å²) in [4.78, 5) is 17.6. The summed E-state index contributed by atoms with van der Waals surface area (Å²) < 4.78 is 0. The summed E-state index contributed by atoms with van der Waals surface area (Å²) in [6, 6.07) is 6.13. The van der Waals surface area contributed by atoms with Crippen LogP contribution in [0.25, 0.3) is 0 Å². The van der Waals surface area contributed by atoms with Gasteiger partial charge in [-0.25, -0.2) is 0 Å². The van der Waals surface area contributed by atoms with Gasteiger partial charge in [-0.05, 0) is 19.1 Å². The van der Waals surface area contributed by atoms with Crippen LogP contribution < -0.4 is 5.32 Å². The van der Waals surface area contributed by atoms with E-state index in [2.05, 4.69) is 22.1 Å². The topological polar surface area (TPSA) is 65.5 Å². The van der Waals surface area contributed by atoms with Gasteiger partial charge in [0.15, 0.2) is 0 Å². The monoisotopic (exact) mass is 249 g/mol. The van der Waals surface area contributed by atoms with E-state index in [0.29, 0.717) is 25.7 Å². The lowest BCUT2D eigenvalue weighted by molar-refractivity contribution is -0.142. The van der Waals surface area contributed by atoms with Crippen molar-refractivity contribution in [1.82, 2.24) is 15.2 Å². The van der Waals surface area contributed by atoms with Crippen molar-refractivity contribution >= 4 is 5.97 Å². The summed E-state index contributed by atoms with van der Waals surface area (Å²) in [5.74, 6) is -1.08. The van der Waals surface area contributed by atoms with Gasteiger partial charge in [0.05, 0.1) is 11.6 Å². The van der Waals surface area contributed by atoms with Gasteiger partial charge in [0.25, 0.3) is 0 Å². The molecular weight excluding hydrogens is 230 g/mol. The van der Waals surface area contributed by atoms with Gasteiger partial charge in [0.1, 0.15) is 0 Å². The third kappa shape index (κ3) is 3.27. The van der Waals surface area contributed by atoms with Crippen LogP contribution in [0.2, 0.25) is 0 Å². The van der Waals surface area contributed by atoms with Crippen molar-refractivity contribution in [3.63, 3.8) is 0 Å². The van der Waals surface area contributed by atoms with Gasteiger partial charge in [-0.1, -0.05) is 6.07 Å². The number of aliphatic carboxylic acids is 1. The number of nitrogens with zero attached hydrogens (tertiary/aromatic N) is 2. The van der Waals surface area contributed by atoms with Crippen LogP contribution >= 0.6 is 0 Å². The highest BCUT2D eigenvalue weighted by molar-refractivity contribution is 5.70. The Morgan fingerprint density at radius 2 is 2.39 bits per heavy atom. The van der Waals surface area contributed by atoms with Crippen LogP contribution in [0.5, 0.6) is 0 Å². The molecule has 2 N–H and O–H groups in total. The molecule has 98 valence electrons. The highest BCUT2D eigenvalue weighted by atomic mass is 16.4. The van der Waals surface area contributed by atoms with Gasteiger partial charge in [-0.3, -0.25) is 14.7 Å². The Morgan fingerprint density at radius 1 is 1.56 bits per heavy atom. The van der Waals surface area contributed by atoms with Gasteiger partial charge < -0.3 is 10.4 Å². The number of rotatable bonds is 3. The Balaban J connectivity index is 2.06. The van der Waals surface area contributed by atoms with Gasteiger partial charge in [0.2, 0.25) is 0 Å². The van der Waals surface area contributed by atoms with Gasteiger partial charge in [-0.15, -0.1) is 0 Å². The standard InChI is InChI=1S/C13H19N3O2/c1-10-6-14-7-11(13(17)18)8-16(10)9-12-4-2-3-5-15-12/h2-5,10-11,14H,6-9H2,1H3,(H,17,18). The van der Waals surface area contributed by atoms with E-state index < -0.39 is 5.97 Å². The zero-order valence-electron chi connectivity index (χ0n) is 10.5. The number of nitrogens with one attached hydrogen (secondary N) is 1. The molecule has 18 heavy (non-hydrogen) atoms. The lowest BCUT2D eigenvalue weighted by atomic mass is 10.1. The summed E-state index contributed by atoms with van der Waals surface area (Å²) in [6.45, 7) is 4.74. The number of pyridine rings is 1. The van der Waals surface area contributed by atoms with E-state index in [4.69, 9.17) is 5.11 Å². The van der Waals surface area contributed by atoms with E-state index >= 15 is 0 Å². The average Bonchev–Trinajstić information content (AvgIpc) is 2.54. The number of hydrogen-bond donors (Lipinski definition) is 2. The number of carboxylic acid groups (broad SMARTS) is 1. The summed E-state index contributed by atoms with van der Waals surface area (Å²) in [5.41, 5.74) is 0.982. The second kappa shape index (κ2) is 5.93. The Bertz CT molecular complexity index is 396. The fourth-order valence-electron chi connectivity index (χ4n) is 2.21. The minimum atomic E-state index is -0.734. The van der Waals surface area contributed by atoms with E-state index in [1.165, 1.54) is 0 Å². The van der Waals surface area contributed by atoms with Crippen LogP contribution in [0.1, 0.15) is 12.6 Å². The van der Waals surface area contributed by atoms with Crippen LogP contribution in [0, 0.1) is 5.92 Å². The second-order valence-corrected chi connectivity index (χ2v) is 4.79. The van der Waals surface area contributed by atoms with E-state index in [1.807, 2.05) is 18.2 Å². The Labute approximate surface area is 107 Å². The first-order valence-corrected chi connectivity index (χ1v) is 6.24. The molecule has 0 amide bonds. The molecule has 0 bridgehead atoms. The summed E-state index contributed by atoms with van der Waals surface area (Å²) in [7, 11) is 0. The predicted octanol–water partition coefficient (Wildman–Crippen LogP) is 0.576. The smallest absolute Gasteiger partial charge is 0.309 e. The number of aromatic nitrogens is 1. The molecule has 2 unspecified atom stereocenters. The number of carbonyl (C=O) groups is 1. The molecule has 5 heteroatoms. The van der Waals surface area contributed by atoms with Crippen LogP contribution in [-0.2, 0) is 11.3 Å². The molecule has 0 radical (unpaired) electrons. The molecule has 2 atom stereocenters. The molecule has 0 aliphatic carbocycles. The molecule has 1 aliphatic rings. The van der Waals surface area contributed by atoms with Crippen molar-refractivity contribution in [2.24, 2.45) is 5.92 Å². The first kappa shape index (κ1) is 13.0. The maximum Gasteiger partial charge on any atom is 0.309 e. The van der Waals surface area contributed by atoms with Gasteiger partial charge in [-0.2, -0.15) is 0 Å². The van der Waals surface area contributed by atoms with Crippen LogP contribution in [0.4, 0.5) is 0 Å². The Kier molecular flexibility index (Phi) is 4.28. The Morgan fingerprint density at radius 3 is 3.06 bits per heavy atom. The van der Waals surface area contributed by atoms with Crippen molar-refractivity contribution < 1.29 is 9.90 Å². The molecule has 1 saturated heterocycles. The predicted molar refractivity (Wildman–Crippen MR) is 68.1 cm³/mol. The number of hydrogen-bond acceptors (Lipinski definition) is 4. The molecule has 2 heterocycles. The summed E-state index contributed by atoms with van der Waals surface area (Å²) in [5, 5.41) is 12.4. The molecule has 1 aromatic rings. The lowest BCUT2D eigenvalue weighted by Crippen LogP contribution is -2.38. The molecular formula is C13H19N3O2. The van der Waals surface area contributed by atoms with Crippen LogP contribution in [0.15, 0.2) is 24.4 Å². The second-order valence-electron chi connectivity index (χ2n) is 4.79. The quantitative estimate of drug-likeness (QED) is 0.820. The minimum absolute atomic E-state index is 0.316. The highest BCUT2D eigenvalue weighted by Gasteiger charge is 2.27. The minimum Gasteiger partial charge on any atom is -0.481 e. The summed E-state index contributed by atoms with van der Waals surface area (Å²) in [6.07, 6.45) is 1.77. The fraction of sp³-hybridized carbons (Fsp3) is 0.538. The summed E-state index contributed by atoms with van der Waals surface area (Å²) >= 11 is 0. The Hall–Kier alpha value is -1.46. The molecule has 1 aromatic heterocycles. The SMILES string of the molecule is CC1CNCC(C(=O)O)CN1Cc1ccccn1. The van der Waals surface area contributed by atoms with Crippen molar-refractivity contribution in [3.8, 4) is 0 Å². The van der Waals surface area contributed by atoms with Crippen molar-refractivity contribution in [2.75, 3.05) is 19.6 Å². The maximum absolute atomic E-state index is 11.1. The van der Waals surface area contributed by atoms with E-state index in [9.17, 15) is 4.79 Å². The van der Waals surface area contributed by atoms with E-state index in [-0.39, 0.29) is 5.92 Å².